The van der Waals surface area contributed by atoms with Crippen molar-refractivity contribution in [2.24, 2.45) is 5.73 Å². The molecule has 5 nitrogen and oxygen atoms in total. The fraction of sp³-hybridized carbons (Fsp3) is 0.400. The summed E-state index contributed by atoms with van der Waals surface area (Å²) in [6.45, 7) is 5.50. The maximum atomic E-state index is 11.0. The molecule has 0 aliphatic heterocycles. The second-order valence-corrected chi connectivity index (χ2v) is 6.26. The molecule has 2 rings (SSSR count). The first kappa shape index (κ1) is 18.9. The Morgan fingerprint density at radius 3 is 2.56 bits per heavy atom. The summed E-state index contributed by atoms with van der Waals surface area (Å²) >= 11 is 0. The van der Waals surface area contributed by atoms with E-state index in [0.717, 1.165) is 13.0 Å². The summed E-state index contributed by atoms with van der Waals surface area (Å²) in [7, 11) is 0. The van der Waals surface area contributed by atoms with Crippen molar-refractivity contribution in [2.45, 2.75) is 45.6 Å². The SMILES string of the molecule is CCCCCNC(C)Cc1ccc(Oc2ccc(C(N)=O)cn2)cc1. The molecule has 5 heteroatoms. The Hall–Kier alpha value is -2.40. The van der Waals surface area contributed by atoms with Crippen LogP contribution in [0.4, 0.5) is 0 Å². The monoisotopic (exact) mass is 341 g/mol. The van der Waals surface area contributed by atoms with Crippen LogP contribution < -0.4 is 15.8 Å². The minimum absolute atomic E-state index is 0.364. The van der Waals surface area contributed by atoms with Gasteiger partial charge in [-0.2, -0.15) is 0 Å². The van der Waals surface area contributed by atoms with Crippen molar-refractivity contribution in [2.75, 3.05) is 6.54 Å². The molecule has 0 aliphatic rings. The molecule has 1 atom stereocenters. The smallest absolute Gasteiger partial charge is 0.250 e. The van der Waals surface area contributed by atoms with Gasteiger partial charge in [0.2, 0.25) is 11.8 Å². The first-order valence-corrected chi connectivity index (χ1v) is 8.84. The van der Waals surface area contributed by atoms with Gasteiger partial charge in [-0.15, -0.1) is 0 Å². The highest BCUT2D eigenvalue weighted by Crippen LogP contribution is 2.20. The molecular formula is C20H27N3O2. The summed E-state index contributed by atoms with van der Waals surface area (Å²) in [5.74, 6) is 0.649. The third kappa shape index (κ3) is 6.55. The molecule has 0 aliphatic carbocycles. The number of primary amides is 1. The van der Waals surface area contributed by atoms with E-state index >= 15 is 0 Å². The maximum Gasteiger partial charge on any atom is 0.250 e. The Kier molecular flexibility index (Phi) is 7.41. The van der Waals surface area contributed by atoms with Crippen LogP contribution in [0.2, 0.25) is 0 Å². The highest BCUT2D eigenvalue weighted by atomic mass is 16.5. The summed E-state index contributed by atoms with van der Waals surface area (Å²) in [6.07, 6.45) is 6.16. The van der Waals surface area contributed by atoms with Crippen LogP contribution in [0.3, 0.4) is 0 Å². The second-order valence-electron chi connectivity index (χ2n) is 6.26. The first-order chi connectivity index (χ1) is 12.1. The van der Waals surface area contributed by atoms with Gasteiger partial charge in [-0.3, -0.25) is 4.79 Å². The average Bonchev–Trinajstić information content (AvgIpc) is 2.61. The lowest BCUT2D eigenvalue weighted by Gasteiger charge is -2.14. The van der Waals surface area contributed by atoms with Crippen molar-refractivity contribution in [3.63, 3.8) is 0 Å². The molecule has 0 radical (unpaired) electrons. The van der Waals surface area contributed by atoms with E-state index in [1.807, 2.05) is 12.1 Å². The molecule has 0 saturated heterocycles. The van der Waals surface area contributed by atoms with Gasteiger partial charge in [0.25, 0.3) is 0 Å². The molecule has 0 bridgehead atoms. The largest absolute Gasteiger partial charge is 0.439 e. The molecule has 134 valence electrons. The molecule has 1 aromatic carbocycles. The number of unbranched alkanes of at least 4 members (excludes halogenated alkanes) is 2. The molecule has 0 fully saturated rings. The van der Waals surface area contributed by atoms with Crippen LogP contribution in [0.25, 0.3) is 0 Å². The molecule has 1 heterocycles. The van der Waals surface area contributed by atoms with E-state index in [0.29, 0.717) is 23.2 Å². The zero-order valence-corrected chi connectivity index (χ0v) is 15.0. The lowest BCUT2D eigenvalue weighted by molar-refractivity contribution is 0.1000. The van der Waals surface area contributed by atoms with E-state index in [1.165, 1.54) is 31.0 Å². The molecule has 0 spiro atoms. The van der Waals surface area contributed by atoms with E-state index in [1.54, 1.807) is 12.1 Å². The normalized spacial score (nSPS) is 11.9. The second kappa shape index (κ2) is 9.79. The van der Waals surface area contributed by atoms with Gasteiger partial charge in [0.15, 0.2) is 0 Å². The predicted molar refractivity (Wildman–Crippen MR) is 100.0 cm³/mol. The molecule has 0 saturated carbocycles. The number of pyridine rings is 1. The number of carbonyl (C=O) groups is 1. The maximum absolute atomic E-state index is 11.0. The standard InChI is InChI=1S/C20H27N3O2/c1-3-4-5-12-22-15(2)13-16-6-9-18(10-7-16)25-19-11-8-17(14-23-19)20(21)24/h6-11,14-15,22H,3-5,12-13H2,1-2H3,(H2,21,24). The summed E-state index contributed by atoms with van der Waals surface area (Å²) in [6, 6.07) is 11.7. The van der Waals surface area contributed by atoms with Gasteiger partial charge in [-0.1, -0.05) is 31.9 Å². The number of nitrogens with zero attached hydrogens (tertiary/aromatic N) is 1. The molecular weight excluding hydrogens is 314 g/mol. The highest BCUT2D eigenvalue weighted by molar-refractivity contribution is 5.92. The number of rotatable bonds is 10. The number of benzene rings is 1. The van der Waals surface area contributed by atoms with Crippen molar-refractivity contribution in [3.8, 4) is 11.6 Å². The van der Waals surface area contributed by atoms with Gasteiger partial charge < -0.3 is 15.8 Å². The summed E-state index contributed by atoms with van der Waals surface area (Å²) in [5.41, 5.74) is 6.82. The highest BCUT2D eigenvalue weighted by Gasteiger charge is 2.05. The van der Waals surface area contributed by atoms with Crippen molar-refractivity contribution >= 4 is 5.91 Å². The Labute approximate surface area is 149 Å². The molecule has 1 amide bonds. The summed E-state index contributed by atoms with van der Waals surface area (Å²) < 4.78 is 5.69. The van der Waals surface area contributed by atoms with Crippen LogP contribution in [0.5, 0.6) is 11.6 Å². The third-order valence-electron chi connectivity index (χ3n) is 3.98. The zero-order valence-electron chi connectivity index (χ0n) is 15.0. The molecule has 2 aromatic rings. The van der Waals surface area contributed by atoms with Crippen LogP contribution in [0.15, 0.2) is 42.6 Å². The minimum atomic E-state index is -0.499. The van der Waals surface area contributed by atoms with Crippen molar-refractivity contribution in [3.05, 3.63) is 53.7 Å². The van der Waals surface area contributed by atoms with Crippen LogP contribution in [0.1, 0.15) is 49.0 Å². The lowest BCUT2D eigenvalue weighted by atomic mass is 10.1. The lowest BCUT2D eigenvalue weighted by Crippen LogP contribution is -2.28. The number of amides is 1. The van der Waals surface area contributed by atoms with Gasteiger partial charge in [0.05, 0.1) is 5.56 Å². The van der Waals surface area contributed by atoms with Gasteiger partial charge in [-0.25, -0.2) is 4.98 Å². The Morgan fingerprint density at radius 2 is 1.96 bits per heavy atom. The Balaban J connectivity index is 1.83. The van der Waals surface area contributed by atoms with Crippen molar-refractivity contribution in [1.29, 1.82) is 0 Å². The quantitative estimate of drug-likeness (QED) is 0.646. The fourth-order valence-electron chi connectivity index (χ4n) is 2.55. The van der Waals surface area contributed by atoms with Crippen LogP contribution in [-0.2, 0) is 6.42 Å². The van der Waals surface area contributed by atoms with Crippen LogP contribution in [-0.4, -0.2) is 23.5 Å². The molecule has 3 N–H and O–H groups in total. The van der Waals surface area contributed by atoms with E-state index in [9.17, 15) is 4.79 Å². The molecule has 25 heavy (non-hydrogen) atoms. The number of carbonyl (C=O) groups excluding carboxylic acids is 1. The number of hydrogen-bond donors (Lipinski definition) is 2. The Morgan fingerprint density at radius 1 is 1.20 bits per heavy atom. The fourth-order valence-corrected chi connectivity index (χ4v) is 2.55. The Bertz CT molecular complexity index is 654. The summed E-state index contributed by atoms with van der Waals surface area (Å²) in [4.78, 5) is 15.1. The summed E-state index contributed by atoms with van der Waals surface area (Å²) in [5, 5.41) is 3.56. The minimum Gasteiger partial charge on any atom is -0.439 e. The topological polar surface area (TPSA) is 77.2 Å². The number of hydrogen-bond acceptors (Lipinski definition) is 4. The number of ether oxygens (including phenoxy) is 1. The predicted octanol–water partition coefficient (Wildman–Crippen LogP) is 3.68. The number of nitrogens with one attached hydrogen (secondary N) is 1. The van der Waals surface area contributed by atoms with Gasteiger partial charge in [0, 0.05) is 18.3 Å². The number of aromatic nitrogens is 1. The first-order valence-electron chi connectivity index (χ1n) is 8.84. The average molecular weight is 341 g/mol. The van der Waals surface area contributed by atoms with E-state index in [4.69, 9.17) is 10.5 Å². The van der Waals surface area contributed by atoms with Crippen LogP contribution >= 0.6 is 0 Å². The van der Waals surface area contributed by atoms with E-state index in [-0.39, 0.29) is 0 Å². The van der Waals surface area contributed by atoms with Gasteiger partial charge in [0.1, 0.15) is 5.75 Å². The van der Waals surface area contributed by atoms with Gasteiger partial charge in [-0.05, 0) is 50.1 Å². The van der Waals surface area contributed by atoms with Crippen LogP contribution in [0, 0.1) is 0 Å². The molecule has 1 aromatic heterocycles. The molecule has 1 unspecified atom stereocenters. The van der Waals surface area contributed by atoms with Crippen molar-refractivity contribution in [1.82, 2.24) is 10.3 Å². The third-order valence-corrected chi connectivity index (χ3v) is 3.98. The number of nitrogens with two attached hydrogens (primary N) is 1. The van der Waals surface area contributed by atoms with E-state index in [2.05, 4.69) is 36.3 Å². The van der Waals surface area contributed by atoms with Crippen molar-refractivity contribution < 1.29 is 9.53 Å². The zero-order chi connectivity index (χ0) is 18.1. The van der Waals surface area contributed by atoms with Gasteiger partial charge >= 0.3 is 0 Å². The van der Waals surface area contributed by atoms with E-state index < -0.39 is 5.91 Å².